The lowest BCUT2D eigenvalue weighted by atomic mass is 10.8. The molecule has 0 atom stereocenters. The molecule has 0 unspecified atom stereocenters. The lowest BCUT2D eigenvalue weighted by molar-refractivity contribution is 0.280. The Morgan fingerprint density at radius 1 is 1.38 bits per heavy atom. The predicted molar refractivity (Wildman–Crippen MR) is 52.1 cm³/mol. The van der Waals surface area contributed by atoms with Crippen LogP contribution in [0.1, 0.15) is 5.01 Å². The van der Waals surface area contributed by atoms with E-state index in [2.05, 4.69) is 15.2 Å². The van der Waals surface area contributed by atoms with Crippen molar-refractivity contribution in [3.63, 3.8) is 0 Å². The van der Waals surface area contributed by atoms with Gasteiger partial charge in [0.25, 0.3) is 0 Å². The topological polar surface area (TPSA) is 58.9 Å². The molecule has 2 aromatic rings. The monoisotopic (exact) mass is 231 g/mol. The second-order valence-electron chi connectivity index (χ2n) is 2.02. The molecule has 68 valence electrons. The van der Waals surface area contributed by atoms with Crippen molar-refractivity contribution in [1.82, 2.24) is 15.2 Å². The molecule has 2 aromatic heterocycles. The molecular weight excluding hydrogens is 226 g/mol. The summed E-state index contributed by atoms with van der Waals surface area (Å²) < 4.78 is 1.76. The molecule has 2 rings (SSSR count). The van der Waals surface area contributed by atoms with E-state index < -0.39 is 0 Å². The first kappa shape index (κ1) is 9.07. The number of aliphatic hydroxyl groups excluding tert-OH is 1. The van der Waals surface area contributed by atoms with Crippen molar-refractivity contribution in [1.29, 1.82) is 0 Å². The van der Waals surface area contributed by atoms with Gasteiger partial charge in [-0.05, 0) is 11.8 Å². The summed E-state index contributed by atoms with van der Waals surface area (Å²) in [6.07, 6.45) is 1.75. The molecule has 0 spiro atoms. The van der Waals surface area contributed by atoms with Crippen LogP contribution >= 0.6 is 34.4 Å². The van der Waals surface area contributed by atoms with Crippen molar-refractivity contribution in [3.8, 4) is 0 Å². The molecule has 0 saturated heterocycles. The van der Waals surface area contributed by atoms with Gasteiger partial charge in [0.15, 0.2) is 8.68 Å². The summed E-state index contributed by atoms with van der Waals surface area (Å²) >= 11 is 4.42. The van der Waals surface area contributed by atoms with E-state index in [-0.39, 0.29) is 6.61 Å². The van der Waals surface area contributed by atoms with Crippen LogP contribution in [0, 0.1) is 0 Å². The van der Waals surface area contributed by atoms with Gasteiger partial charge in [-0.3, -0.25) is 0 Å². The summed E-state index contributed by atoms with van der Waals surface area (Å²) in [6, 6.07) is 0. The van der Waals surface area contributed by atoms with Gasteiger partial charge >= 0.3 is 0 Å². The maximum absolute atomic E-state index is 8.76. The standard InChI is InChI=1S/C6H5N3OS3/c10-3-4-8-9-6(12-4)13-5-7-1-2-11-5/h1-2,10H,3H2. The fourth-order valence-corrected chi connectivity index (χ4v) is 3.26. The van der Waals surface area contributed by atoms with E-state index in [1.54, 1.807) is 17.5 Å². The van der Waals surface area contributed by atoms with E-state index in [1.807, 2.05) is 5.38 Å². The van der Waals surface area contributed by atoms with Crippen LogP contribution in [-0.4, -0.2) is 20.3 Å². The predicted octanol–water partition coefficient (Wildman–Crippen LogP) is 1.64. The minimum atomic E-state index is -0.0455. The third kappa shape index (κ3) is 2.25. The van der Waals surface area contributed by atoms with Crippen LogP contribution in [0.15, 0.2) is 20.3 Å². The minimum Gasteiger partial charge on any atom is -0.389 e. The Morgan fingerprint density at radius 3 is 2.92 bits per heavy atom. The molecule has 7 heteroatoms. The molecule has 4 nitrogen and oxygen atoms in total. The van der Waals surface area contributed by atoms with Crippen LogP contribution in [-0.2, 0) is 6.61 Å². The van der Waals surface area contributed by atoms with Crippen molar-refractivity contribution in [3.05, 3.63) is 16.6 Å². The summed E-state index contributed by atoms with van der Waals surface area (Å²) in [5, 5.41) is 19.0. The zero-order valence-corrected chi connectivity index (χ0v) is 8.82. The highest BCUT2D eigenvalue weighted by Gasteiger charge is 2.06. The van der Waals surface area contributed by atoms with E-state index in [4.69, 9.17) is 5.11 Å². The molecule has 0 aromatic carbocycles. The van der Waals surface area contributed by atoms with Crippen LogP contribution in [0.5, 0.6) is 0 Å². The van der Waals surface area contributed by atoms with Crippen LogP contribution < -0.4 is 0 Å². The van der Waals surface area contributed by atoms with Crippen LogP contribution in [0.3, 0.4) is 0 Å². The molecule has 0 aliphatic rings. The average molecular weight is 231 g/mol. The third-order valence-electron chi connectivity index (χ3n) is 1.17. The summed E-state index contributed by atoms with van der Waals surface area (Å²) in [5.41, 5.74) is 0. The van der Waals surface area contributed by atoms with Crippen LogP contribution in [0.25, 0.3) is 0 Å². The summed E-state index contributed by atoms with van der Waals surface area (Å²) in [7, 11) is 0. The van der Waals surface area contributed by atoms with E-state index >= 15 is 0 Å². The maximum Gasteiger partial charge on any atom is 0.181 e. The molecule has 0 aliphatic heterocycles. The van der Waals surface area contributed by atoms with Crippen molar-refractivity contribution in [2.45, 2.75) is 15.3 Å². The Bertz CT molecular complexity index is 372. The molecule has 13 heavy (non-hydrogen) atoms. The lowest BCUT2D eigenvalue weighted by Gasteiger charge is -1.86. The summed E-state index contributed by atoms with van der Waals surface area (Å²) in [6.45, 7) is -0.0455. The molecular formula is C6H5N3OS3. The summed E-state index contributed by atoms with van der Waals surface area (Å²) in [4.78, 5) is 4.10. The highest BCUT2D eigenvalue weighted by Crippen LogP contribution is 2.31. The minimum absolute atomic E-state index is 0.0455. The molecule has 0 amide bonds. The van der Waals surface area contributed by atoms with Crippen molar-refractivity contribution in [2.24, 2.45) is 0 Å². The zero-order valence-electron chi connectivity index (χ0n) is 6.38. The van der Waals surface area contributed by atoms with Gasteiger partial charge in [-0.2, -0.15) is 0 Å². The SMILES string of the molecule is OCc1nnc(Sc2nccs2)s1. The second-order valence-corrected chi connectivity index (χ2v) is 5.47. The van der Waals surface area contributed by atoms with E-state index in [9.17, 15) is 0 Å². The quantitative estimate of drug-likeness (QED) is 0.870. The molecule has 2 heterocycles. The molecule has 0 saturated carbocycles. The number of aromatic nitrogens is 3. The summed E-state index contributed by atoms with van der Waals surface area (Å²) in [5.74, 6) is 0. The first-order chi connectivity index (χ1) is 6.38. The number of hydrogen-bond acceptors (Lipinski definition) is 7. The normalized spacial score (nSPS) is 10.5. The van der Waals surface area contributed by atoms with Crippen molar-refractivity contribution in [2.75, 3.05) is 0 Å². The van der Waals surface area contributed by atoms with Gasteiger partial charge in [0, 0.05) is 11.6 Å². The van der Waals surface area contributed by atoms with Gasteiger partial charge in [-0.1, -0.05) is 11.3 Å². The molecule has 0 fully saturated rings. The average Bonchev–Trinajstić information content (AvgIpc) is 2.76. The Balaban J connectivity index is 2.10. The van der Waals surface area contributed by atoms with Crippen LogP contribution in [0.2, 0.25) is 0 Å². The Labute approximate surface area is 86.7 Å². The first-order valence-electron chi connectivity index (χ1n) is 3.39. The van der Waals surface area contributed by atoms with Gasteiger partial charge in [0.1, 0.15) is 5.01 Å². The smallest absolute Gasteiger partial charge is 0.181 e. The zero-order chi connectivity index (χ0) is 9.10. The molecule has 0 bridgehead atoms. The first-order valence-corrected chi connectivity index (χ1v) is 5.90. The van der Waals surface area contributed by atoms with Gasteiger partial charge in [0.05, 0.1) is 6.61 Å². The van der Waals surface area contributed by atoms with E-state index in [1.165, 1.54) is 23.1 Å². The fourth-order valence-electron chi connectivity index (χ4n) is 0.679. The largest absolute Gasteiger partial charge is 0.389 e. The van der Waals surface area contributed by atoms with Crippen molar-refractivity contribution < 1.29 is 5.11 Å². The Kier molecular flexibility index (Phi) is 2.89. The molecule has 0 radical (unpaired) electrons. The van der Waals surface area contributed by atoms with E-state index in [0.717, 1.165) is 8.68 Å². The third-order valence-corrected chi connectivity index (χ3v) is 4.01. The highest BCUT2D eigenvalue weighted by atomic mass is 32.2. The lowest BCUT2D eigenvalue weighted by Crippen LogP contribution is -1.78. The van der Waals surface area contributed by atoms with Crippen LogP contribution in [0.4, 0.5) is 0 Å². The van der Waals surface area contributed by atoms with Gasteiger partial charge in [-0.15, -0.1) is 21.5 Å². The Morgan fingerprint density at radius 2 is 2.31 bits per heavy atom. The Hall–Kier alpha value is -0.500. The number of nitrogens with zero attached hydrogens (tertiary/aromatic N) is 3. The van der Waals surface area contributed by atoms with E-state index in [0.29, 0.717) is 5.01 Å². The maximum atomic E-state index is 8.76. The van der Waals surface area contributed by atoms with Gasteiger partial charge < -0.3 is 5.11 Å². The number of rotatable bonds is 3. The molecule has 1 N–H and O–H groups in total. The fraction of sp³-hybridized carbons (Fsp3) is 0.167. The van der Waals surface area contributed by atoms with Gasteiger partial charge in [-0.25, -0.2) is 4.98 Å². The number of thiazole rings is 1. The second kappa shape index (κ2) is 4.14. The number of aliphatic hydroxyl groups is 1. The molecule has 0 aliphatic carbocycles. The van der Waals surface area contributed by atoms with Gasteiger partial charge in [0.2, 0.25) is 0 Å². The highest BCUT2D eigenvalue weighted by molar-refractivity contribution is 8.02. The van der Waals surface area contributed by atoms with Crippen molar-refractivity contribution >= 4 is 34.4 Å². The number of hydrogen-bond donors (Lipinski definition) is 1.